The molecule has 1 fully saturated rings. The van der Waals surface area contributed by atoms with Crippen molar-refractivity contribution in [2.45, 2.75) is 24.8 Å². The van der Waals surface area contributed by atoms with E-state index in [1.807, 2.05) is 49.4 Å². The van der Waals surface area contributed by atoms with Crippen LogP contribution in [0.2, 0.25) is 0 Å². The Hall–Kier alpha value is -1.91. The van der Waals surface area contributed by atoms with Gasteiger partial charge in [0.25, 0.3) is 0 Å². The van der Waals surface area contributed by atoms with Crippen LogP contribution in [0.5, 0.6) is 0 Å². The van der Waals surface area contributed by atoms with Crippen LogP contribution < -0.4 is 0 Å². The van der Waals surface area contributed by atoms with Gasteiger partial charge in [-0.1, -0.05) is 61.5 Å². The molecule has 0 aromatic heterocycles. The van der Waals surface area contributed by atoms with Crippen molar-refractivity contribution in [3.05, 3.63) is 72.3 Å². The third-order valence-electron chi connectivity index (χ3n) is 4.45. The second-order valence-electron chi connectivity index (χ2n) is 6.20. The fourth-order valence-electron chi connectivity index (χ4n) is 3.08. The van der Waals surface area contributed by atoms with E-state index in [0.717, 1.165) is 16.7 Å². The van der Waals surface area contributed by atoms with E-state index in [0.29, 0.717) is 11.4 Å². The van der Waals surface area contributed by atoms with Crippen molar-refractivity contribution in [3.63, 3.8) is 0 Å². The Kier molecular flexibility index (Phi) is 4.13. The highest BCUT2D eigenvalue weighted by atomic mass is 32.2. The molecular weight excluding hydrogens is 306 g/mol. The molecule has 1 aliphatic rings. The minimum Gasteiger partial charge on any atom is -0.207 e. The predicted molar refractivity (Wildman–Crippen MR) is 93.5 cm³/mol. The summed E-state index contributed by atoms with van der Waals surface area (Å²) in [7, 11) is -3.48. The lowest BCUT2D eigenvalue weighted by Crippen LogP contribution is -2.57. The lowest BCUT2D eigenvalue weighted by Gasteiger charge is -2.46. The van der Waals surface area contributed by atoms with Crippen LogP contribution in [0.4, 0.5) is 0 Å². The van der Waals surface area contributed by atoms with Crippen molar-refractivity contribution in [2.75, 3.05) is 6.54 Å². The second-order valence-corrected chi connectivity index (χ2v) is 8.09. The van der Waals surface area contributed by atoms with Crippen LogP contribution in [0.15, 0.2) is 66.1 Å². The molecule has 1 heterocycles. The van der Waals surface area contributed by atoms with Crippen LogP contribution in [0.3, 0.4) is 0 Å². The first-order chi connectivity index (χ1) is 10.9. The molecule has 3 rings (SSSR count). The van der Waals surface area contributed by atoms with Gasteiger partial charge in [-0.2, -0.15) is 4.31 Å². The number of hydrogen-bond acceptors (Lipinski definition) is 2. The molecule has 1 aliphatic heterocycles. The van der Waals surface area contributed by atoms with Crippen molar-refractivity contribution in [3.8, 4) is 0 Å². The zero-order valence-electron chi connectivity index (χ0n) is 13.4. The first kappa shape index (κ1) is 16.0. The Balaban J connectivity index is 1.91. The summed E-state index contributed by atoms with van der Waals surface area (Å²) in [5.74, 6) is 0.267. The number of benzene rings is 2. The van der Waals surface area contributed by atoms with E-state index < -0.39 is 10.0 Å². The van der Waals surface area contributed by atoms with E-state index >= 15 is 0 Å². The molecule has 120 valence electrons. The maximum absolute atomic E-state index is 12.9. The van der Waals surface area contributed by atoms with Crippen LogP contribution in [-0.4, -0.2) is 25.3 Å². The monoisotopic (exact) mass is 327 g/mol. The van der Waals surface area contributed by atoms with E-state index in [9.17, 15) is 8.42 Å². The van der Waals surface area contributed by atoms with Gasteiger partial charge in [0.2, 0.25) is 10.0 Å². The van der Waals surface area contributed by atoms with Crippen molar-refractivity contribution >= 4 is 15.6 Å². The Morgan fingerprint density at radius 3 is 2.26 bits per heavy atom. The average Bonchev–Trinajstić information content (AvgIpc) is 2.53. The highest BCUT2D eigenvalue weighted by molar-refractivity contribution is 7.89. The normalized spacial score (nSPS) is 21.7. The molecule has 0 saturated carbocycles. The van der Waals surface area contributed by atoms with E-state index in [1.54, 1.807) is 16.4 Å². The van der Waals surface area contributed by atoms with Gasteiger partial charge in [-0.25, -0.2) is 8.42 Å². The van der Waals surface area contributed by atoms with E-state index in [4.69, 9.17) is 0 Å². The van der Waals surface area contributed by atoms with E-state index in [-0.39, 0.29) is 12.0 Å². The first-order valence-corrected chi connectivity index (χ1v) is 9.18. The summed E-state index contributed by atoms with van der Waals surface area (Å²) >= 11 is 0. The number of rotatable bonds is 4. The summed E-state index contributed by atoms with van der Waals surface area (Å²) in [5.41, 5.74) is 2.90. The lowest BCUT2D eigenvalue weighted by atomic mass is 9.85. The molecule has 0 N–H and O–H groups in total. The fraction of sp³-hybridized carbons (Fsp3) is 0.263. The van der Waals surface area contributed by atoms with Gasteiger partial charge in [-0.15, -0.1) is 0 Å². The van der Waals surface area contributed by atoms with Gasteiger partial charge in [-0.05, 0) is 36.1 Å². The molecule has 0 bridgehead atoms. The zero-order valence-corrected chi connectivity index (χ0v) is 14.3. The Bertz CT molecular complexity index is 810. The number of nitrogens with zero attached hydrogens (tertiary/aromatic N) is 1. The molecule has 0 spiro atoms. The van der Waals surface area contributed by atoms with Gasteiger partial charge in [0.1, 0.15) is 0 Å². The Morgan fingerprint density at radius 1 is 1.09 bits per heavy atom. The molecule has 23 heavy (non-hydrogen) atoms. The second kappa shape index (κ2) is 5.95. The van der Waals surface area contributed by atoms with E-state index in [1.165, 1.54) is 0 Å². The summed E-state index contributed by atoms with van der Waals surface area (Å²) in [6, 6.07) is 16.6. The van der Waals surface area contributed by atoms with Crippen LogP contribution in [0, 0.1) is 12.8 Å². The van der Waals surface area contributed by atoms with E-state index in [2.05, 4.69) is 13.5 Å². The highest BCUT2D eigenvalue weighted by Crippen LogP contribution is 2.38. The SMILES string of the molecule is C=C(c1ccccc1)[C@H]1[C@H](C)CN1S(=O)(=O)c1ccc(C)cc1. The molecule has 2 aromatic carbocycles. The lowest BCUT2D eigenvalue weighted by molar-refractivity contribution is 0.163. The van der Waals surface area contributed by atoms with Gasteiger partial charge in [0.05, 0.1) is 10.9 Å². The van der Waals surface area contributed by atoms with Crippen LogP contribution >= 0.6 is 0 Å². The molecular formula is C19H21NO2S. The quantitative estimate of drug-likeness (QED) is 0.858. The van der Waals surface area contributed by atoms with Gasteiger partial charge in [-0.3, -0.25) is 0 Å². The summed E-state index contributed by atoms with van der Waals surface area (Å²) in [4.78, 5) is 0.348. The molecule has 0 radical (unpaired) electrons. The average molecular weight is 327 g/mol. The van der Waals surface area contributed by atoms with Crippen molar-refractivity contribution in [1.82, 2.24) is 4.31 Å². The molecule has 1 saturated heterocycles. The number of hydrogen-bond donors (Lipinski definition) is 0. The number of aryl methyl sites for hydroxylation is 1. The molecule has 2 atom stereocenters. The maximum atomic E-state index is 12.9. The smallest absolute Gasteiger partial charge is 0.207 e. The van der Waals surface area contributed by atoms with Crippen molar-refractivity contribution in [1.29, 1.82) is 0 Å². The van der Waals surface area contributed by atoms with Gasteiger partial charge in [0, 0.05) is 6.54 Å². The molecule has 2 aromatic rings. The molecule has 0 amide bonds. The fourth-order valence-corrected chi connectivity index (χ4v) is 4.89. The predicted octanol–water partition coefficient (Wildman–Crippen LogP) is 3.72. The molecule has 4 heteroatoms. The topological polar surface area (TPSA) is 37.4 Å². The Morgan fingerprint density at radius 2 is 1.70 bits per heavy atom. The Labute approximate surface area is 138 Å². The minimum absolute atomic E-state index is 0.177. The van der Waals surface area contributed by atoms with Gasteiger partial charge >= 0.3 is 0 Å². The number of sulfonamides is 1. The zero-order chi connectivity index (χ0) is 16.6. The molecule has 0 unspecified atom stereocenters. The summed E-state index contributed by atoms with van der Waals surface area (Å²) in [6.07, 6.45) is 0. The summed E-state index contributed by atoms with van der Waals surface area (Å²) in [6.45, 7) is 8.71. The maximum Gasteiger partial charge on any atom is 0.243 e. The van der Waals surface area contributed by atoms with Crippen molar-refractivity contribution < 1.29 is 8.42 Å². The first-order valence-electron chi connectivity index (χ1n) is 7.74. The standard InChI is InChI=1S/C19H21NO2S/c1-14-9-11-18(12-10-14)23(21,22)20-13-15(2)19(20)16(3)17-7-5-4-6-8-17/h4-12,15,19H,3,13H2,1-2H3/t15-,19-/m1/s1. The summed E-state index contributed by atoms with van der Waals surface area (Å²) < 4.78 is 27.4. The van der Waals surface area contributed by atoms with Crippen molar-refractivity contribution in [2.24, 2.45) is 5.92 Å². The van der Waals surface area contributed by atoms with Crippen LogP contribution in [0.25, 0.3) is 5.57 Å². The summed E-state index contributed by atoms with van der Waals surface area (Å²) in [5, 5.41) is 0. The highest BCUT2D eigenvalue weighted by Gasteiger charge is 2.45. The van der Waals surface area contributed by atoms with Gasteiger partial charge < -0.3 is 0 Å². The van der Waals surface area contributed by atoms with Crippen LogP contribution in [0.1, 0.15) is 18.1 Å². The molecule has 3 nitrogen and oxygen atoms in total. The third-order valence-corrected chi connectivity index (χ3v) is 6.31. The van der Waals surface area contributed by atoms with Crippen LogP contribution in [-0.2, 0) is 10.0 Å². The largest absolute Gasteiger partial charge is 0.243 e. The minimum atomic E-state index is -3.48. The van der Waals surface area contributed by atoms with Gasteiger partial charge in [0.15, 0.2) is 0 Å². The third kappa shape index (κ3) is 2.84. The molecule has 0 aliphatic carbocycles.